The zero-order valence-electron chi connectivity index (χ0n) is 11.7. The summed E-state index contributed by atoms with van der Waals surface area (Å²) in [7, 11) is -3.20. The lowest BCUT2D eigenvalue weighted by Gasteiger charge is -2.05. The molecule has 2 aromatic carbocycles. The van der Waals surface area contributed by atoms with Crippen LogP contribution in [0.15, 0.2) is 59.6 Å². The van der Waals surface area contributed by atoms with Crippen LogP contribution in [-0.4, -0.2) is 24.9 Å². The number of H-pyrrole nitrogens is 1. The maximum atomic E-state index is 11.5. The molecule has 0 bridgehead atoms. The van der Waals surface area contributed by atoms with Gasteiger partial charge in [0, 0.05) is 22.4 Å². The third kappa shape index (κ3) is 2.91. The molecule has 3 aromatic rings. The van der Waals surface area contributed by atoms with E-state index in [-0.39, 0.29) is 0 Å². The molecule has 3 rings (SSSR count). The second kappa shape index (κ2) is 5.59. The van der Waals surface area contributed by atoms with Crippen molar-refractivity contribution in [2.45, 2.75) is 4.90 Å². The van der Waals surface area contributed by atoms with Gasteiger partial charge in [-0.2, -0.15) is 5.10 Å². The number of hydrogen-bond acceptors (Lipinski definition) is 3. The summed E-state index contributed by atoms with van der Waals surface area (Å²) in [5.41, 5.74) is 3.54. The summed E-state index contributed by atoms with van der Waals surface area (Å²) in [5, 5.41) is 7.70. The fraction of sp³-hybridized carbons (Fsp3) is 0.0625. The van der Waals surface area contributed by atoms with Crippen molar-refractivity contribution < 1.29 is 8.42 Å². The van der Waals surface area contributed by atoms with E-state index in [0.717, 1.165) is 22.4 Å². The topological polar surface area (TPSA) is 62.8 Å². The van der Waals surface area contributed by atoms with Gasteiger partial charge in [-0.05, 0) is 29.8 Å². The third-order valence-corrected chi connectivity index (χ3v) is 4.71. The summed E-state index contributed by atoms with van der Waals surface area (Å²) in [6, 6.07) is 14.2. The fourth-order valence-electron chi connectivity index (χ4n) is 2.25. The van der Waals surface area contributed by atoms with Gasteiger partial charge >= 0.3 is 0 Å². The summed E-state index contributed by atoms with van der Waals surface area (Å²) < 4.78 is 23.0. The Morgan fingerprint density at radius 3 is 2.41 bits per heavy atom. The number of rotatable bonds is 3. The monoisotopic (exact) mass is 332 g/mol. The molecule has 0 radical (unpaired) electrons. The SMILES string of the molecule is CS(=O)(=O)c1ccc(-c2[nH]ncc2-c2cccc(Cl)c2)cc1. The Kier molecular flexibility index (Phi) is 3.76. The lowest BCUT2D eigenvalue weighted by molar-refractivity contribution is 0.602. The number of halogens is 1. The molecular formula is C16H13ClN2O2S. The Morgan fingerprint density at radius 1 is 1.05 bits per heavy atom. The molecule has 0 aliphatic rings. The van der Waals surface area contributed by atoms with Crippen molar-refractivity contribution in [3.63, 3.8) is 0 Å². The third-order valence-electron chi connectivity index (χ3n) is 3.35. The van der Waals surface area contributed by atoms with E-state index in [0.29, 0.717) is 9.92 Å². The summed E-state index contributed by atoms with van der Waals surface area (Å²) in [4.78, 5) is 0.292. The summed E-state index contributed by atoms with van der Waals surface area (Å²) in [6.45, 7) is 0. The van der Waals surface area contributed by atoms with Gasteiger partial charge in [0.1, 0.15) is 0 Å². The molecule has 1 N–H and O–H groups in total. The number of sulfone groups is 1. The van der Waals surface area contributed by atoms with Gasteiger partial charge in [0.05, 0.1) is 16.8 Å². The highest BCUT2D eigenvalue weighted by Crippen LogP contribution is 2.31. The molecule has 0 saturated heterocycles. The smallest absolute Gasteiger partial charge is 0.175 e. The van der Waals surface area contributed by atoms with Crippen LogP contribution in [0.3, 0.4) is 0 Å². The predicted molar refractivity (Wildman–Crippen MR) is 87.6 cm³/mol. The van der Waals surface area contributed by atoms with Crippen molar-refractivity contribution in [1.82, 2.24) is 10.2 Å². The van der Waals surface area contributed by atoms with E-state index in [4.69, 9.17) is 11.6 Å². The zero-order chi connectivity index (χ0) is 15.7. The van der Waals surface area contributed by atoms with Crippen molar-refractivity contribution >= 4 is 21.4 Å². The number of aromatic amines is 1. The molecule has 22 heavy (non-hydrogen) atoms. The van der Waals surface area contributed by atoms with Crippen LogP contribution in [0.4, 0.5) is 0 Å². The maximum Gasteiger partial charge on any atom is 0.175 e. The number of nitrogens with zero attached hydrogens (tertiary/aromatic N) is 1. The molecule has 0 amide bonds. The number of hydrogen-bond donors (Lipinski definition) is 1. The Balaban J connectivity index is 2.06. The molecule has 0 aliphatic heterocycles. The highest BCUT2D eigenvalue weighted by atomic mass is 35.5. The molecular weight excluding hydrogens is 320 g/mol. The Morgan fingerprint density at radius 2 is 1.77 bits per heavy atom. The van der Waals surface area contributed by atoms with Crippen molar-refractivity contribution in [3.8, 4) is 22.4 Å². The molecule has 4 nitrogen and oxygen atoms in total. The summed E-state index contributed by atoms with van der Waals surface area (Å²) in [5.74, 6) is 0. The Bertz CT molecular complexity index is 915. The summed E-state index contributed by atoms with van der Waals surface area (Å²) >= 11 is 6.03. The molecule has 0 saturated carbocycles. The van der Waals surface area contributed by atoms with Gasteiger partial charge in [-0.1, -0.05) is 35.9 Å². The van der Waals surface area contributed by atoms with Crippen molar-refractivity contribution in [3.05, 3.63) is 59.8 Å². The second-order valence-corrected chi connectivity index (χ2v) is 7.42. The standard InChI is InChI=1S/C16H13ClN2O2S/c1-22(20,21)14-7-5-11(6-8-14)16-15(10-18-19-16)12-3-2-4-13(17)9-12/h2-10H,1H3,(H,18,19). The average Bonchev–Trinajstić information content (AvgIpc) is 2.96. The van der Waals surface area contributed by atoms with Gasteiger partial charge < -0.3 is 0 Å². The highest BCUT2D eigenvalue weighted by molar-refractivity contribution is 7.90. The first-order chi connectivity index (χ1) is 10.4. The molecule has 0 atom stereocenters. The zero-order valence-corrected chi connectivity index (χ0v) is 13.3. The van der Waals surface area contributed by atoms with E-state index in [1.807, 2.05) is 24.3 Å². The van der Waals surface area contributed by atoms with Crippen molar-refractivity contribution in [1.29, 1.82) is 0 Å². The quantitative estimate of drug-likeness (QED) is 0.793. The van der Waals surface area contributed by atoms with Crippen LogP contribution in [0.5, 0.6) is 0 Å². The van der Waals surface area contributed by atoms with Gasteiger partial charge in [0.25, 0.3) is 0 Å². The maximum absolute atomic E-state index is 11.5. The van der Waals surface area contributed by atoms with Crippen molar-refractivity contribution in [2.24, 2.45) is 0 Å². The highest BCUT2D eigenvalue weighted by Gasteiger charge is 2.12. The van der Waals surface area contributed by atoms with Crippen LogP contribution in [0.25, 0.3) is 22.4 Å². The first kappa shape index (κ1) is 14.8. The molecule has 112 valence electrons. The molecule has 0 unspecified atom stereocenters. The minimum absolute atomic E-state index is 0.292. The molecule has 1 heterocycles. The van der Waals surface area contributed by atoms with Crippen molar-refractivity contribution in [2.75, 3.05) is 6.26 Å². The average molecular weight is 333 g/mol. The molecule has 0 spiro atoms. The number of nitrogens with one attached hydrogen (secondary N) is 1. The van der Waals surface area contributed by atoms with E-state index in [2.05, 4.69) is 10.2 Å². The van der Waals surface area contributed by atoms with Gasteiger partial charge in [-0.15, -0.1) is 0 Å². The Hall–Kier alpha value is -2.11. The van der Waals surface area contributed by atoms with E-state index >= 15 is 0 Å². The molecule has 1 aromatic heterocycles. The normalized spacial score (nSPS) is 11.5. The van der Waals surface area contributed by atoms with Crippen LogP contribution in [0, 0.1) is 0 Å². The van der Waals surface area contributed by atoms with Crippen LogP contribution in [0.2, 0.25) is 5.02 Å². The molecule has 6 heteroatoms. The fourth-order valence-corrected chi connectivity index (χ4v) is 3.07. The van der Waals surface area contributed by atoms with Gasteiger partial charge in [-0.3, -0.25) is 5.10 Å². The predicted octanol–water partition coefficient (Wildman–Crippen LogP) is 3.80. The molecule has 0 fully saturated rings. The number of benzene rings is 2. The minimum atomic E-state index is -3.20. The van der Waals surface area contributed by atoms with E-state index in [9.17, 15) is 8.42 Å². The lowest BCUT2D eigenvalue weighted by atomic mass is 10.0. The van der Waals surface area contributed by atoms with E-state index in [1.54, 1.807) is 30.5 Å². The van der Waals surface area contributed by atoms with Gasteiger partial charge in [-0.25, -0.2) is 8.42 Å². The largest absolute Gasteiger partial charge is 0.277 e. The number of aromatic nitrogens is 2. The first-order valence-corrected chi connectivity index (χ1v) is 8.82. The minimum Gasteiger partial charge on any atom is -0.277 e. The Labute approximate surface area is 133 Å². The van der Waals surface area contributed by atoms with Crippen LogP contribution in [0.1, 0.15) is 0 Å². The van der Waals surface area contributed by atoms with Crippen LogP contribution in [-0.2, 0) is 9.84 Å². The van der Waals surface area contributed by atoms with E-state index in [1.165, 1.54) is 6.26 Å². The van der Waals surface area contributed by atoms with E-state index < -0.39 is 9.84 Å². The van der Waals surface area contributed by atoms with Crippen LogP contribution < -0.4 is 0 Å². The molecule has 0 aliphatic carbocycles. The van der Waals surface area contributed by atoms with Gasteiger partial charge in [0.15, 0.2) is 9.84 Å². The van der Waals surface area contributed by atoms with Gasteiger partial charge in [0.2, 0.25) is 0 Å². The van der Waals surface area contributed by atoms with Crippen LogP contribution >= 0.6 is 11.6 Å². The lowest BCUT2D eigenvalue weighted by Crippen LogP contribution is -1.96. The summed E-state index contributed by atoms with van der Waals surface area (Å²) in [6.07, 6.45) is 2.92. The first-order valence-electron chi connectivity index (χ1n) is 6.55. The second-order valence-electron chi connectivity index (χ2n) is 4.97.